The molecule has 74 valence electrons. The van der Waals surface area contributed by atoms with Crippen molar-refractivity contribution in [1.82, 2.24) is 0 Å². The lowest BCUT2D eigenvalue weighted by Crippen LogP contribution is -2.30. The molecule has 0 atom stereocenters. The Morgan fingerprint density at radius 1 is 1.13 bits per heavy atom. The van der Waals surface area contributed by atoms with Crippen LogP contribution in [0, 0.1) is 6.92 Å². The van der Waals surface area contributed by atoms with E-state index < -0.39 is 0 Å². The quantitative estimate of drug-likeness (QED) is 0.526. The fourth-order valence-corrected chi connectivity index (χ4v) is 2.13. The van der Waals surface area contributed by atoms with Gasteiger partial charge in [-0.05, 0) is 24.1 Å². The third kappa shape index (κ3) is 1.35. The zero-order chi connectivity index (χ0) is 10.4. The molecule has 15 heavy (non-hydrogen) atoms. The van der Waals surface area contributed by atoms with E-state index in [4.69, 9.17) is 0 Å². The Kier molecular flexibility index (Phi) is 1.69. The Labute approximate surface area is 90.0 Å². The van der Waals surface area contributed by atoms with Crippen LogP contribution in [0.5, 0.6) is 0 Å². The summed E-state index contributed by atoms with van der Waals surface area (Å²) in [5.41, 5.74) is 7.01. The largest absolute Gasteiger partial charge is 0.212 e. The maximum Gasteiger partial charge on any atom is 0.212 e. The van der Waals surface area contributed by atoms with Gasteiger partial charge in [0.2, 0.25) is 5.69 Å². The molecule has 0 spiro atoms. The Balaban J connectivity index is 2.22. The van der Waals surface area contributed by atoms with E-state index in [0.29, 0.717) is 0 Å². The van der Waals surface area contributed by atoms with Crippen LogP contribution in [-0.4, -0.2) is 0 Å². The Morgan fingerprint density at radius 3 is 2.73 bits per heavy atom. The van der Waals surface area contributed by atoms with Crippen molar-refractivity contribution in [3.05, 3.63) is 53.2 Å². The van der Waals surface area contributed by atoms with Gasteiger partial charge in [0.25, 0.3) is 0 Å². The molecule has 1 aromatic carbocycles. The van der Waals surface area contributed by atoms with E-state index in [1.54, 1.807) is 0 Å². The van der Waals surface area contributed by atoms with Gasteiger partial charge in [-0.3, -0.25) is 0 Å². The smallest absolute Gasteiger partial charge is 0.201 e. The van der Waals surface area contributed by atoms with Gasteiger partial charge in [-0.25, -0.2) is 4.57 Å². The van der Waals surface area contributed by atoms with Crippen molar-refractivity contribution in [3.8, 4) is 11.3 Å². The predicted molar refractivity (Wildman–Crippen MR) is 60.6 cm³/mol. The second-order valence-electron chi connectivity index (χ2n) is 4.31. The van der Waals surface area contributed by atoms with Crippen LogP contribution in [0.15, 0.2) is 36.5 Å². The van der Waals surface area contributed by atoms with Gasteiger partial charge < -0.3 is 0 Å². The van der Waals surface area contributed by atoms with Crippen molar-refractivity contribution in [3.63, 3.8) is 0 Å². The first kappa shape index (κ1) is 8.66. The van der Waals surface area contributed by atoms with Crippen molar-refractivity contribution >= 4 is 0 Å². The Hall–Kier alpha value is -1.63. The topological polar surface area (TPSA) is 3.88 Å². The summed E-state index contributed by atoms with van der Waals surface area (Å²) in [6, 6.07) is 10.9. The van der Waals surface area contributed by atoms with E-state index >= 15 is 0 Å². The molecule has 3 rings (SSSR count). The number of aryl methyl sites for hydroxylation is 2. The van der Waals surface area contributed by atoms with Crippen LogP contribution in [0.4, 0.5) is 0 Å². The van der Waals surface area contributed by atoms with Gasteiger partial charge >= 0.3 is 0 Å². The predicted octanol–water partition coefficient (Wildman–Crippen LogP) is 2.39. The highest BCUT2D eigenvalue weighted by Gasteiger charge is 2.24. The summed E-state index contributed by atoms with van der Waals surface area (Å²) < 4.78 is 2.23. The first-order valence-corrected chi connectivity index (χ1v) is 5.33. The molecular weight excluding hydrogens is 182 g/mol. The van der Waals surface area contributed by atoms with Crippen LogP contribution >= 0.6 is 0 Å². The monoisotopic (exact) mass is 196 g/mol. The maximum absolute atomic E-state index is 2.32. The highest BCUT2D eigenvalue weighted by molar-refractivity contribution is 5.63. The number of hydrogen-bond donors (Lipinski definition) is 0. The SMILES string of the molecule is Cc1ccccc1-c1cc2c(c[n+]1C)C2. The van der Waals surface area contributed by atoms with E-state index in [2.05, 4.69) is 55.1 Å². The Bertz CT molecular complexity index is 541. The number of fused-ring (bicyclic) bond motifs is 1. The van der Waals surface area contributed by atoms with Gasteiger partial charge in [0, 0.05) is 23.6 Å². The van der Waals surface area contributed by atoms with Crippen molar-refractivity contribution in [2.45, 2.75) is 13.3 Å². The zero-order valence-electron chi connectivity index (χ0n) is 9.12. The first-order chi connectivity index (χ1) is 7.25. The molecular formula is C14H14N+. The van der Waals surface area contributed by atoms with Crippen LogP contribution in [0.3, 0.4) is 0 Å². The average Bonchev–Trinajstić information content (AvgIpc) is 2.95. The van der Waals surface area contributed by atoms with Gasteiger partial charge in [0.05, 0.1) is 0 Å². The molecule has 1 aromatic heterocycles. The van der Waals surface area contributed by atoms with Crippen LogP contribution < -0.4 is 4.57 Å². The fourth-order valence-electron chi connectivity index (χ4n) is 2.13. The third-order valence-electron chi connectivity index (χ3n) is 3.13. The summed E-state index contributed by atoms with van der Waals surface area (Å²) in [7, 11) is 2.13. The molecule has 1 aliphatic rings. The molecule has 1 heteroatoms. The van der Waals surface area contributed by atoms with Crippen LogP contribution in [0.2, 0.25) is 0 Å². The molecule has 2 aromatic rings. The lowest BCUT2D eigenvalue weighted by atomic mass is 10.1. The van der Waals surface area contributed by atoms with Crippen LogP contribution in [0.1, 0.15) is 16.7 Å². The van der Waals surface area contributed by atoms with E-state index in [1.165, 1.54) is 34.4 Å². The van der Waals surface area contributed by atoms with Crippen molar-refractivity contribution in [2.75, 3.05) is 0 Å². The standard InChI is InChI=1S/C14H14N/c1-10-5-3-4-6-13(10)14-8-11-7-12(11)9-15(14)2/h3-6,8-9H,7H2,1-2H3/q+1. The van der Waals surface area contributed by atoms with Crippen LogP contribution in [0.25, 0.3) is 11.3 Å². The molecule has 1 nitrogen and oxygen atoms in total. The first-order valence-electron chi connectivity index (χ1n) is 5.33. The lowest BCUT2D eigenvalue weighted by molar-refractivity contribution is -0.660. The van der Waals surface area contributed by atoms with Gasteiger partial charge in [0.15, 0.2) is 6.20 Å². The maximum atomic E-state index is 2.32. The van der Waals surface area contributed by atoms with E-state index in [1.807, 2.05) is 0 Å². The number of pyridine rings is 1. The fraction of sp³-hybridized carbons (Fsp3) is 0.214. The summed E-state index contributed by atoms with van der Waals surface area (Å²) in [6.45, 7) is 2.17. The zero-order valence-corrected chi connectivity index (χ0v) is 9.12. The van der Waals surface area contributed by atoms with Crippen LogP contribution in [-0.2, 0) is 13.5 Å². The highest BCUT2D eigenvalue weighted by Crippen LogP contribution is 2.30. The second kappa shape index (κ2) is 2.93. The number of rotatable bonds is 1. The molecule has 0 saturated heterocycles. The number of aromatic nitrogens is 1. The normalized spacial score (nSPS) is 12.4. The molecule has 0 N–H and O–H groups in total. The third-order valence-corrected chi connectivity index (χ3v) is 3.13. The molecule has 1 heterocycles. The summed E-state index contributed by atoms with van der Waals surface area (Å²) in [4.78, 5) is 0. The summed E-state index contributed by atoms with van der Waals surface area (Å²) in [5, 5.41) is 0. The molecule has 0 fully saturated rings. The minimum absolute atomic E-state index is 1.18. The summed E-state index contributed by atoms with van der Waals surface area (Å²) in [5.74, 6) is 0. The summed E-state index contributed by atoms with van der Waals surface area (Å²) >= 11 is 0. The van der Waals surface area contributed by atoms with E-state index in [9.17, 15) is 0 Å². The van der Waals surface area contributed by atoms with Crippen molar-refractivity contribution < 1.29 is 4.57 Å². The van der Waals surface area contributed by atoms with Gasteiger partial charge in [-0.15, -0.1) is 0 Å². The minimum atomic E-state index is 1.18. The molecule has 0 unspecified atom stereocenters. The van der Waals surface area contributed by atoms with E-state index in [0.717, 1.165) is 0 Å². The lowest BCUT2D eigenvalue weighted by Gasteiger charge is -2.02. The number of benzene rings is 1. The minimum Gasteiger partial charge on any atom is -0.201 e. The molecule has 0 amide bonds. The highest BCUT2D eigenvalue weighted by atomic mass is 14.9. The van der Waals surface area contributed by atoms with Gasteiger partial charge in [0.1, 0.15) is 7.05 Å². The molecule has 0 radical (unpaired) electrons. The van der Waals surface area contributed by atoms with Gasteiger partial charge in [-0.1, -0.05) is 18.2 Å². The molecule has 0 saturated carbocycles. The summed E-state index contributed by atoms with van der Waals surface area (Å²) in [6.07, 6.45) is 3.43. The molecule has 0 bridgehead atoms. The second-order valence-corrected chi connectivity index (χ2v) is 4.31. The Morgan fingerprint density at radius 2 is 1.93 bits per heavy atom. The number of nitrogens with zero attached hydrogens (tertiary/aromatic N) is 1. The van der Waals surface area contributed by atoms with Gasteiger partial charge in [-0.2, -0.15) is 0 Å². The van der Waals surface area contributed by atoms with Crippen molar-refractivity contribution in [1.29, 1.82) is 0 Å². The molecule has 1 aliphatic carbocycles. The van der Waals surface area contributed by atoms with E-state index in [-0.39, 0.29) is 0 Å². The molecule has 0 aliphatic heterocycles. The number of hydrogen-bond acceptors (Lipinski definition) is 0. The average molecular weight is 196 g/mol. The van der Waals surface area contributed by atoms with Crippen molar-refractivity contribution in [2.24, 2.45) is 7.05 Å².